The lowest BCUT2D eigenvalue weighted by atomic mass is 9.69. The van der Waals surface area contributed by atoms with Crippen molar-refractivity contribution in [3.8, 4) is 5.75 Å². The number of allylic oxidation sites excluding steroid dienone is 2. The van der Waals surface area contributed by atoms with Gasteiger partial charge in [-0.25, -0.2) is 0 Å². The molecule has 1 saturated carbocycles. The first kappa shape index (κ1) is 24.9. The standard InChI is InChI=1S/C30H32BrNO4/c1-18-27(30(34)36-22-11-7-4-8-12-22)28(20-13-14-26(35-2)23(31)15-20)29-24(32-18)16-21(17-25(29)33)19-9-5-3-6-10-19/h3,5-6,9-10,13-15,21-22,27-28H,4,7-8,11-12,16-17H2,1-2H3/t21-,27?,28-/m1/s1. The molecule has 0 aromatic heterocycles. The Kier molecular flexibility index (Phi) is 7.42. The minimum absolute atomic E-state index is 0.0535. The van der Waals surface area contributed by atoms with Crippen molar-refractivity contribution < 1.29 is 19.1 Å². The first-order valence-electron chi connectivity index (χ1n) is 12.9. The van der Waals surface area contributed by atoms with Crippen LogP contribution in [0, 0.1) is 5.92 Å². The summed E-state index contributed by atoms with van der Waals surface area (Å²) in [6.07, 6.45) is 6.20. The van der Waals surface area contributed by atoms with Crippen LogP contribution in [-0.2, 0) is 14.3 Å². The molecule has 0 amide bonds. The van der Waals surface area contributed by atoms with Crippen molar-refractivity contribution in [3.05, 3.63) is 75.4 Å². The van der Waals surface area contributed by atoms with Crippen LogP contribution in [0.15, 0.2) is 69.3 Å². The summed E-state index contributed by atoms with van der Waals surface area (Å²) in [5, 5.41) is 0. The predicted octanol–water partition coefficient (Wildman–Crippen LogP) is 6.91. The van der Waals surface area contributed by atoms with E-state index in [1.807, 2.05) is 43.3 Å². The molecule has 2 aromatic carbocycles. The van der Waals surface area contributed by atoms with Gasteiger partial charge in [-0.1, -0.05) is 42.8 Å². The van der Waals surface area contributed by atoms with Gasteiger partial charge in [0.25, 0.3) is 0 Å². The number of benzene rings is 2. The van der Waals surface area contributed by atoms with Crippen molar-refractivity contribution in [1.82, 2.24) is 0 Å². The number of nitrogens with zero attached hydrogens (tertiary/aromatic N) is 1. The number of ether oxygens (including phenoxy) is 2. The lowest BCUT2D eigenvalue weighted by Crippen LogP contribution is -2.39. The van der Waals surface area contributed by atoms with Crippen LogP contribution in [0.3, 0.4) is 0 Å². The summed E-state index contributed by atoms with van der Waals surface area (Å²) < 4.78 is 12.3. The van der Waals surface area contributed by atoms with E-state index in [1.165, 1.54) is 6.42 Å². The normalized spacial score (nSPS) is 24.7. The van der Waals surface area contributed by atoms with E-state index >= 15 is 0 Å². The molecule has 1 unspecified atom stereocenters. The Morgan fingerprint density at radius 2 is 1.75 bits per heavy atom. The minimum atomic E-state index is -0.622. The molecule has 36 heavy (non-hydrogen) atoms. The molecule has 0 spiro atoms. The summed E-state index contributed by atoms with van der Waals surface area (Å²) in [6.45, 7) is 1.90. The Balaban J connectivity index is 1.55. The molecule has 2 aliphatic carbocycles. The lowest BCUT2D eigenvalue weighted by molar-refractivity contribution is -0.153. The number of hydrogen-bond acceptors (Lipinski definition) is 5. The van der Waals surface area contributed by atoms with Gasteiger partial charge in [-0.15, -0.1) is 0 Å². The maximum atomic E-state index is 13.8. The molecule has 1 fully saturated rings. The summed E-state index contributed by atoms with van der Waals surface area (Å²) >= 11 is 3.60. The van der Waals surface area contributed by atoms with E-state index in [9.17, 15) is 9.59 Å². The average molecular weight is 550 g/mol. The van der Waals surface area contributed by atoms with Crippen LogP contribution in [0.5, 0.6) is 5.75 Å². The van der Waals surface area contributed by atoms with Crippen molar-refractivity contribution in [3.63, 3.8) is 0 Å². The Hall–Kier alpha value is -2.73. The molecule has 2 aromatic rings. The third-order valence-corrected chi connectivity index (χ3v) is 8.40. The lowest BCUT2D eigenvalue weighted by Gasteiger charge is -2.37. The van der Waals surface area contributed by atoms with Gasteiger partial charge in [0.15, 0.2) is 5.78 Å². The minimum Gasteiger partial charge on any atom is -0.496 e. The zero-order valence-electron chi connectivity index (χ0n) is 20.8. The third kappa shape index (κ3) is 4.93. The average Bonchev–Trinajstić information content (AvgIpc) is 2.88. The van der Waals surface area contributed by atoms with Crippen LogP contribution in [0.2, 0.25) is 0 Å². The summed E-state index contributed by atoms with van der Waals surface area (Å²) in [5.41, 5.74) is 4.22. The Bertz CT molecular complexity index is 1210. The molecule has 6 heteroatoms. The van der Waals surface area contributed by atoms with E-state index in [0.717, 1.165) is 47.0 Å². The number of ketones is 1. The number of carbonyl (C=O) groups excluding carboxylic acids is 2. The monoisotopic (exact) mass is 549 g/mol. The molecule has 3 aliphatic rings. The molecule has 188 valence electrons. The van der Waals surface area contributed by atoms with E-state index in [0.29, 0.717) is 29.9 Å². The highest BCUT2D eigenvalue weighted by Gasteiger charge is 2.45. The van der Waals surface area contributed by atoms with Crippen LogP contribution >= 0.6 is 15.9 Å². The van der Waals surface area contributed by atoms with Crippen LogP contribution in [-0.4, -0.2) is 30.7 Å². The number of aliphatic imine (C=N–C) groups is 1. The van der Waals surface area contributed by atoms with Gasteiger partial charge in [0.1, 0.15) is 17.8 Å². The van der Waals surface area contributed by atoms with Gasteiger partial charge in [-0.3, -0.25) is 14.6 Å². The van der Waals surface area contributed by atoms with Gasteiger partial charge in [0, 0.05) is 29.3 Å². The topological polar surface area (TPSA) is 65.0 Å². The quantitative estimate of drug-likeness (QED) is 0.380. The first-order chi connectivity index (χ1) is 17.5. The summed E-state index contributed by atoms with van der Waals surface area (Å²) in [6, 6.07) is 15.9. The first-order valence-corrected chi connectivity index (χ1v) is 13.7. The molecule has 1 aliphatic heterocycles. The molecule has 0 radical (unpaired) electrons. The van der Waals surface area contributed by atoms with Gasteiger partial charge in [-0.05, 0) is 84.1 Å². The second-order valence-corrected chi connectivity index (χ2v) is 11.0. The van der Waals surface area contributed by atoms with Gasteiger partial charge in [0.2, 0.25) is 0 Å². The van der Waals surface area contributed by atoms with Crippen molar-refractivity contribution >= 4 is 33.4 Å². The zero-order chi connectivity index (χ0) is 25.2. The van der Waals surface area contributed by atoms with E-state index in [1.54, 1.807) is 7.11 Å². The fraction of sp³-hybridized carbons (Fsp3) is 0.433. The second kappa shape index (κ2) is 10.7. The van der Waals surface area contributed by atoms with Crippen molar-refractivity contribution in [2.24, 2.45) is 10.9 Å². The van der Waals surface area contributed by atoms with E-state index in [-0.39, 0.29) is 23.8 Å². The van der Waals surface area contributed by atoms with Gasteiger partial charge in [-0.2, -0.15) is 0 Å². The molecular weight excluding hydrogens is 518 g/mol. The smallest absolute Gasteiger partial charge is 0.315 e. The molecule has 0 N–H and O–H groups in total. The highest BCUT2D eigenvalue weighted by Crippen LogP contribution is 2.48. The molecule has 0 saturated heterocycles. The summed E-state index contributed by atoms with van der Waals surface area (Å²) in [4.78, 5) is 32.3. The van der Waals surface area contributed by atoms with Crippen LogP contribution < -0.4 is 4.74 Å². The number of rotatable bonds is 5. The number of Topliss-reactive ketones (excluding diaryl/α,β-unsaturated/α-hetero) is 1. The van der Waals surface area contributed by atoms with Crippen LogP contribution in [0.1, 0.15) is 74.8 Å². The zero-order valence-corrected chi connectivity index (χ0v) is 22.4. The second-order valence-electron chi connectivity index (χ2n) is 10.1. The summed E-state index contributed by atoms with van der Waals surface area (Å²) in [5.74, 6) is -0.473. The van der Waals surface area contributed by atoms with Crippen LogP contribution in [0.4, 0.5) is 0 Å². The molecule has 5 rings (SSSR count). The highest BCUT2D eigenvalue weighted by atomic mass is 79.9. The Morgan fingerprint density at radius 1 is 1.00 bits per heavy atom. The highest BCUT2D eigenvalue weighted by molar-refractivity contribution is 9.10. The number of hydrogen-bond donors (Lipinski definition) is 0. The number of carbonyl (C=O) groups is 2. The largest absolute Gasteiger partial charge is 0.496 e. The SMILES string of the molecule is COc1ccc([C@H]2C3=C(C[C@@H](c4ccccc4)CC3=O)N=C(C)C2C(=O)OC2CCCCC2)cc1Br. The molecule has 5 nitrogen and oxygen atoms in total. The maximum Gasteiger partial charge on any atom is 0.315 e. The molecular formula is C30H32BrNO4. The van der Waals surface area contributed by atoms with E-state index in [4.69, 9.17) is 14.5 Å². The van der Waals surface area contributed by atoms with Crippen molar-refractivity contribution in [2.45, 2.75) is 69.8 Å². The van der Waals surface area contributed by atoms with Crippen LogP contribution in [0.25, 0.3) is 0 Å². The fourth-order valence-corrected chi connectivity index (χ4v) is 6.54. The van der Waals surface area contributed by atoms with Gasteiger partial charge >= 0.3 is 5.97 Å². The number of esters is 1. The Labute approximate surface area is 221 Å². The third-order valence-electron chi connectivity index (χ3n) is 7.78. The Morgan fingerprint density at radius 3 is 2.44 bits per heavy atom. The maximum absolute atomic E-state index is 13.8. The van der Waals surface area contributed by atoms with Gasteiger partial charge in [0.05, 0.1) is 11.6 Å². The predicted molar refractivity (Wildman–Crippen MR) is 143 cm³/mol. The van der Waals surface area contributed by atoms with Gasteiger partial charge < -0.3 is 9.47 Å². The van der Waals surface area contributed by atoms with Crippen molar-refractivity contribution in [1.29, 1.82) is 0 Å². The van der Waals surface area contributed by atoms with E-state index < -0.39 is 11.8 Å². The number of halogens is 1. The molecule has 0 bridgehead atoms. The fourth-order valence-electron chi connectivity index (χ4n) is 5.98. The van der Waals surface area contributed by atoms with Crippen molar-refractivity contribution in [2.75, 3.05) is 7.11 Å². The number of methoxy groups -OCH3 is 1. The summed E-state index contributed by atoms with van der Waals surface area (Å²) in [7, 11) is 1.62. The molecule has 1 heterocycles. The van der Waals surface area contributed by atoms with E-state index in [2.05, 4.69) is 28.1 Å². The molecule has 3 atom stereocenters.